The number of nitrogen functional groups attached to an aromatic ring is 1. The molecule has 2 aromatic rings. The third kappa shape index (κ3) is 2.52. The minimum atomic E-state index is -1.28. The predicted molar refractivity (Wildman–Crippen MR) is 80.7 cm³/mol. The van der Waals surface area contributed by atoms with Gasteiger partial charge in [0.1, 0.15) is 36.4 Å². The molecular weight excluding hydrogens is 302 g/mol. The Bertz CT molecular complexity index is 767. The molecule has 3 rings (SSSR count). The molecule has 0 unspecified atom stereocenters. The lowest BCUT2D eigenvalue weighted by Gasteiger charge is -2.17. The van der Waals surface area contributed by atoms with Crippen LogP contribution >= 0.6 is 0 Å². The smallest absolute Gasteiger partial charge is 0.164 e. The third-order valence-electron chi connectivity index (χ3n) is 3.80. The zero-order chi connectivity index (χ0) is 16.6. The van der Waals surface area contributed by atoms with Crippen LogP contribution in [0.15, 0.2) is 18.6 Å². The quantitative estimate of drug-likeness (QED) is 0.268. The van der Waals surface area contributed by atoms with Crippen LogP contribution in [0.1, 0.15) is 13.2 Å². The van der Waals surface area contributed by atoms with Crippen LogP contribution in [0, 0.1) is 11.8 Å². The SMILES string of the molecule is CC#C[C@@H](O)[C@H]1O[C@@H](n2ccc3c(NN)ncnc32)[C@H](O)[C@@H]1O. The largest absolute Gasteiger partial charge is 0.387 e. The number of nitrogens with two attached hydrogens (primary N) is 1. The van der Waals surface area contributed by atoms with Gasteiger partial charge in [-0.05, 0) is 13.0 Å². The summed E-state index contributed by atoms with van der Waals surface area (Å²) in [4.78, 5) is 8.15. The highest BCUT2D eigenvalue weighted by molar-refractivity contribution is 5.87. The zero-order valence-electron chi connectivity index (χ0n) is 12.3. The molecule has 122 valence electrons. The van der Waals surface area contributed by atoms with E-state index in [1.807, 2.05) is 0 Å². The summed E-state index contributed by atoms with van der Waals surface area (Å²) in [6, 6.07) is 1.71. The second-order valence-electron chi connectivity index (χ2n) is 5.14. The molecule has 9 heteroatoms. The standard InChI is InChI=1S/C14H17N5O4/c1-2-3-8(20)11-9(21)10(22)14(23-11)19-5-4-7-12(18-15)16-6-17-13(7)19/h4-6,8-11,14,20-22H,15H2,1H3,(H,16,17,18)/t8-,9+,10-,11-,14-/m1/s1. The Morgan fingerprint density at radius 3 is 2.87 bits per heavy atom. The molecule has 0 saturated carbocycles. The highest BCUT2D eigenvalue weighted by atomic mass is 16.6. The van der Waals surface area contributed by atoms with Crippen LogP contribution < -0.4 is 11.3 Å². The third-order valence-corrected chi connectivity index (χ3v) is 3.80. The maximum Gasteiger partial charge on any atom is 0.164 e. The first kappa shape index (κ1) is 15.7. The Hall–Kier alpha value is -2.22. The summed E-state index contributed by atoms with van der Waals surface area (Å²) < 4.78 is 7.18. The number of aliphatic hydroxyl groups is 3. The Kier molecular flexibility index (Phi) is 4.16. The molecular formula is C14H17N5O4. The van der Waals surface area contributed by atoms with Crippen LogP contribution in [-0.4, -0.2) is 54.3 Å². The van der Waals surface area contributed by atoms with E-state index in [2.05, 4.69) is 27.2 Å². The van der Waals surface area contributed by atoms with Crippen LogP contribution in [0.2, 0.25) is 0 Å². The molecule has 0 aromatic carbocycles. The van der Waals surface area contributed by atoms with Crippen molar-refractivity contribution in [3.05, 3.63) is 18.6 Å². The first-order chi connectivity index (χ1) is 11.1. The van der Waals surface area contributed by atoms with Gasteiger partial charge in [-0.1, -0.05) is 5.92 Å². The molecule has 9 nitrogen and oxygen atoms in total. The van der Waals surface area contributed by atoms with Gasteiger partial charge >= 0.3 is 0 Å². The van der Waals surface area contributed by atoms with Gasteiger partial charge in [-0.15, -0.1) is 5.92 Å². The normalized spacial score (nSPS) is 28.4. The molecule has 1 aliphatic heterocycles. The predicted octanol–water partition coefficient (Wildman–Crippen LogP) is -1.28. The van der Waals surface area contributed by atoms with E-state index in [1.54, 1.807) is 23.8 Å². The summed E-state index contributed by atoms with van der Waals surface area (Å²) in [5, 5.41) is 30.9. The minimum absolute atomic E-state index is 0.426. The summed E-state index contributed by atoms with van der Waals surface area (Å²) in [5.41, 5.74) is 2.94. The second-order valence-corrected chi connectivity index (χ2v) is 5.14. The van der Waals surface area contributed by atoms with Crippen LogP contribution in [0.25, 0.3) is 11.0 Å². The maximum atomic E-state index is 10.3. The highest BCUT2D eigenvalue weighted by Crippen LogP contribution is 2.34. The fourth-order valence-electron chi connectivity index (χ4n) is 2.70. The number of nitrogens with zero attached hydrogens (tertiary/aromatic N) is 3. The fourth-order valence-corrected chi connectivity index (χ4v) is 2.70. The Morgan fingerprint density at radius 2 is 2.17 bits per heavy atom. The van der Waals surface area contributed by atoms with Gasteiger partial charge in [0, 0.05) is 6.20 Å². The van der Waals surface area contributed by atoms with Crippen LogP contribution in [0.4, 0.5) is 5.82 Å². The highest BCUT2D eigenvalue weighted by Gasteiger charge is 2.46. The van der Waals surface area contributed by atoms with Gasteiger partial charge in [0.2, 0.25) is 0 Å². The van der Waals surface area contributed by atoms with Gasteiger partial charge < -0.3 is 30.0 Å². The number of hydrogen-bond acceptors (Lipinski definition) is 8. The fraction of sp³-hybridized carbons (Fsp3) is 0.429. The number of hydrazine groups is 1. The summed E-state index contributed by atoms with van der Waals surface area (Å²) in [6.07, 6.45) is -2.69. The molecule has 0 amide bonds. The first-order valence-electron chi connectivity index (χ1n) is 6.98. The van der Waals surface area contributed by atoms with Crippen molar-refractivity contribution in [2.24, 2.45) is 5.84 Å². The number of hydrogen-bond donors (Lipinski definition) is 5. The van der Waals surface area contributed by atoms with Gasteiger partial charge in [-0.2, -0.15) is 0 Å². The molecule has 0 radical (unpaired) electrons. The van der Waals surface area contributed by atoms with E-state index < -0.39 is 30.6 Å². The van der Waals surface area contributed by atoms with Crippen molar-refractivity contribution in [2.75, 3.05) is 5.43 Å². The van der Waals surface area contributed by atoms with Crippen molar-refractivity contribution in [3.8, 4) is 11.8 Å². The molecule has 0 aliphatic carbocycles. The summed E-state index contributed by atoms with van der Waals surface area (Å²) in [6.45, 7) is 1.57. The molecule has 1 aliphatic rings. The number of fused-ring (bicyclic) bond motifs is 1. The molecule has 5 atom stereocenters. The topological polar surface area (TPSA) is 139 Å². The van der Waals surface area contributed by atoms with Crippen molar-refractivity contribution in [1.82, 2.24) is 14.5 Å². The average molecular weight is 319 g/mol. The van der Waals surface area contributed by atoms with Crippen LogP contribution in [0.3, 0.4) is 0 Å². The molecule has 0 bridgehead atoms. The van der Waals surface area contributed by atoms with Crippen molar-refractivity contribution in [3.63, 3.8) is 0 Å². The van der Waals surface area contributed by atoms with Crippen molar-refractivity contribution in [1.29, 1.82) is 0 Å². The number of rotatable bonds is 3. The van der Waals surface area contributed by atoms with E-state index >= 15 is 0 Å². The molecule has 3 heterocycles. The number of anilines is 1. The van der Waals surface area contributed by atoms with Crippen LogP contribution in [0.5, 0.6) is 0 Å². The van der Waals surface area contributed by atoms with E-state index in [0.717, 1.165) is 0 Å². The number of aliphatic hydroxyl groups excluding tert-OH is 3. The van der Waals surface area contributed by atoms with Gasteiger partial charge in [0.05, 0.1) is 5.39 Å². The van der Waals surface area contributed by atoms with Crippen molar-refractivity contribution < 1.29 is 20.1 Å². The van der Waals surface area contributed by atoms with E-state index in [0.29, 0.717) is 16.9 Å². The molecule has 6 N–H and O–H groups in total. The van der Waals surface area contributed by atoms with Crippen LogP contribution in [-0.2, 0) is 4.74 Å². The van der Waals surface area contributed by atoms with Gasteiger partial charge in [0.25, 0.3) is 0 Å². The maximum absolute atomic E-state index is 10.3. The van der Waals surface area contributed by atoms with E-state index in [9.17, 15) is 15.3 Å². The lowest BCUT2D eigenvalue weighted by atomic mass is 10.1. The minimum Gasteiger partial charge on any atom is -0.387 e. The zero-order valence-corrected chi connectivity index (χ0v) is 12.3. The molecule has 2 aromatic heterocycles. The van der Waals surface area contributed by atoms with Gasteiger partial charge in [0.15, 0.2) is 12.0 Å². The number of ether oxygens (including phenoxy) is 1. The lowest BCUT2D eigenvalue weighted by molar-refractivity contribution is -0.0672. The van der Waals surface area contributed by atoms with Gasteiger partial charge in [-0.25, -0.2) is 15.8 Å². The summed E-state index contributed by atoms with van der Waals surface area (Å²) in [5.74, 6) is 10.9. The Morgan fingerprint density at radius 1 is 1.39 bits per heavy atom. The van der Waals surface area contributed by atoms with Crippen molar-refractivity contribution in [2.45, 2.75) is 37.6 Å². The second kappa shape index (κ2) is 6.11. The first-order valence-corrected chi connectivity index (χ1v) is 6.98. The van der Waals surface area contributed by atoms with Gasteiger partial charge in [-0.3, -0.25) is 0 Å². The average Bonchev–Trinajstić information content (AvgIpc) is 3.10. The lowest BCUT2D eigenvalue weighted by Crippen LogP contribution is -2.38. The number of nitrogens with one attached hydrogen (secondary N) is 1. The Balaban J connectivity index is 1.97. The molecule has 1 saturated heterocycles. The van der Waals surface area contributed by atoms with Crippen molar-refractivity contribution >= 4 is 16.9 Å². The monoisotopic (exact) mass is 319 g/mol. The van der Waals surface area contributed by atoms with E-state index in [1.165, 1.54) is 6.33 Å². The Labute approximate surface area is 131 Å². The molecule has 0 spiro atoms. The molecule has 1 fully saturated rings. The molecule has 23 heavy (non-hydrogen) atoms. The van der Waals surface area contributed by atoms with E-state index in [-0.39, 0.29) is 0 Å². The summed E-state index contributed by atoms with van der Waals surface area (Å²) >= 11 is 0. The number of aromatic nitrogens is 3. The van der Waals surface area contributed by atoms with E-state index in [4.69, 9.17) is 10.6 Å². The summed E-state index contributed by atoms with van der Waals surface area (Å²) in [7, 11) is 0.